The number of carbonyl (C=O) groups excluding carboxylic acids is 1. The Balaban J connectivity index is 0.000000211. The van der Waals surface area contributed by atoms with Gasteiger partial charge in [0.2, 0.25) is 11.7 Å². The molecule has 5 N–H and O–H groups in total. The Kier molecular flexibility index (Phi) is 5.01. The minimum Gasteiger partial charge on any atom is -0.475 e. The summed E-state index contributed by atoms with van der Waals surface area (Å²) in [5, 5.41) is 18.2. The summed E-state index contributed by atoms with van der Waals surface area (Å²) >= 11 is 0. The standard InChI is InChI=1S/C7H8N2O.C5H3NO5/c8-6-3-1-5(2-4-6)7(9)10;7-5(8)3-1-2-4(11-3)6(9)10/h1-4H,8H2,(H2,9,10);1-2H,(H,7,8). The zero-order chi connectivity index (χ0) is 16.0. The molecule has 21 heavy (non-hydrogen) atoms. The number of carboxylic acids is 1. The molecule has 9 nitrogen and oxygen atoms in total. The van der Waals surface area contributed by atoms with Crippen LogP contribution in [0.5, 0.6) is 0 Å². The summed E-state index contributed by atoms with van der Waals surface area (Å²) in [6.07, 6.45) is 0. The SMILES string of the molecule is NC(=O)c1ccc(N)cc1.O=C(O)c1ccc([N+](=O)[O-])o1. The minimum absolute atomic E-state index is 0.431. The Morgan fingerprint density at radius 3 is 2.05 bits per heavy atom. The Morgan fingerprint density at radius 1 is 1.14 bits per heavy atom. The summed E-state index contributed by atoms with van der Waals surface area (Å²) in [5.74, 6) is -2.75. The number of anilines is 1. The zero-order valence-corrected chi connectivity index (χ0v) is 10.6. The quantitative estimate of drug-likeness (QED) is 0.435. The van der Waals surface area contributed by atoms with Gasteiger partial charge in [-0.25, -0.2) is 4.79 Å². The monoisotopic (exact) mass is 293 g/mol. The number of carbonyl (C=O) groups is 2. The van der Waals surface area contributed by atoms with Crippen molar-refractivity contribution in [3.05, 3.63) is 57.8 Å². The second-order valence-corrected chi connectivity index (χ2v) is 3.69. The smallest absolute Gasteiger partial charge is 0.433 e. The number of furan rings is 1. The van der Waals surface area contributed by atoms with Gasteiger partial charge in [0.25, 0.3) is 0 Å². The van der Waals surface area contributed by atoms with E-state index in [4.69, 9.17) is 16.6 Å². The van der Waals surface area contributed by atoms with Gasteiger partial charge in [0.05, 0.1) is 6.07 Å². The molecule has 9 heteroatoms. The number of aromatic carboxylic acids is 1. The molecule has 1 amide bonds. The summed E-state index contributed by atoms with van der Waals surface area (Å²) in [7, 11) is 0. The fourth-order valence-corrected chi connectivity index (χ4v) is 1.19. The van der Waals surface area contributed by atoms with Crippen LogP contribution in [0.2, 0.25) is 0 Å². The van der Waals surface area contributed by atoms with E-state index in [0.29, 0.717) is 11.3 Å². The molecule has 110 valence electrons. The largest absolute Gasteiger partial charge is 0.475 e. The van der Waals surface area contributed by atoms with E-state index in [1.807, 2.05) is 0 Å². The number of primary amides is 1. The van der Waals surface area contributed by atoms with Crippen molar-refractivity contribution in [2.24, 2.45) is 5.73 Å². The third-order valence-corrected chi connectivity index (χ3v) is 2.18. The van der Waals surface area contributed by atoms with Crippen LogP contribution in [0.25, 0.3) is 0 Å². The van der Waals surface area contributed by atoms with Crippen LogP contribution in [-0.4, -0.2) is 21.9 Å². The van der Waals surface area contributed by atoms with E-state index >= 15 is 0 Å². The summed E-state index contributed by atoms with van der Waals surface area (Å²) in [6.45, 7) is 0. The van der Waals surface area contributed by atoms with E-state index in [9.17, 15) is 19.7 Å². The normalized spacial score (nSPS) is 9.33. The number of benzene rings is 1. The van der Waals surface area contributed by atoms with Crippen molar-refractivity contribution >= 4 is 23.4 Å². The molecule has 0 bridgehead atoms. The molecule has 0 fully saturated rings. The number of amides is 1. The molecule has 0 aliphatic carbocycles. The van der Waals surface area contributed by atoms with E-state index in [-0.39, 0.29) is 0 Å². The van der Waals surface area contributed by atoms with E-state index < -0.39 is 28.4 Å². The molecule has 2 rings (SSSR count). The summed E-state index contributed by atoms with van der Waals surface area (Å²) in [5.41, 5.74) is 11.5. The zero-order valence-electron chi connectivity index (χ0n) is 10.6. The van der Waals surface area contributed by atoms with Crippen LogP contribution in [0.15, 0.2) is 40.8 Å². The van der Waals surface area contributed by atoms with Crippen molar-refractivity contribution in [2.45, 2.75) is 0 Å². The van der Waals surface area contributed by atoms with Crippen molar-refractivity contribution < 1.29 is 24.0 Å². The first kappa shape index (κ1) is 15.7. The highest BCUT2D eigenvalue weighted by Crippen LogP contribution is 2.14. The van der Waals surface area contributed by atoms with E-state index in [1.54, 1.807) is 24.3 Å². The molecular formula is C12H11N3O6. The van der Waals surface area contributed by atoms with Gasteiger partial charge in [-0.05, 0) is 30.3 Å². The van der Waals surface area contributed by atoms with Gasteiger partial charge in [-0.2, -0.15) is 0 Å². The molecule has 0 spiro atoms. The molecule has 1 aromatic carbocycles. The van der Waals surface area contributed by atoms with Crippen molar-refractivity contribution in [3.63, 3.8) is 0 Å². The lowest BCUT2D eigenvalue weighted by molar-refractivity contribution is -0.402. The molecule has 0 saturated heterocycles. The summed E-state index contributed by atoms with van der Waals surface area (Å²) < 4.78 is 4.31. The third kappa shape index (κ3) is 4.67. The molecule has 1 aromatic heterocycles. The maximum atomic E-state index is 10.5. The predicted octanol–water partition coefficient (Wildman–Crippen LogP) is 1.25. The number of nitrogens with zero attached hydrogens (tertiary/aromatic N) is 1. The fraction of sp³-hybridized carbons (Fsp3) is 0. The number of nitro groups is 1. The predicted molar refractivity (Wildman–Crippen MR) is 71.7 cm³/mol. The number of hydrogen-bond acceptors (Lipinski definition) is 6. The van der Waals surface area contributed by atoms with Crippen LogP contribution in [0, 0.1) is 10.1 Å². The van der Waals surface area contributed by atoms with Crippen molar-refractivity contribution in [3.8, 4) is 0 Å². The molecule has 0 aliphatic heterocycles. The van der Waals surface area contributed by atoms with Crippen LogP contribution in [-0.2, 0) is 0 Å². The molecule has 0 aliphatic rings. The Labute approximate surface area is 117 Å². The Bertz CT molecular complexity index is 633. The Morgan fingerprint density at radius 2 is 1.71 bits per heavy atom. The van der Waals surface area contributed by atoms with Gasteiger partial charge < -0.3 is 21.0 Å². The third-order valence-electron chi connectivity index (χ3n) is 2.18. The number of hydrogen-bond donors (Lipinski definition) is 3. The number of rotatable bonds is 3. The molecule has 0 radical (unpaired) electrons. The van der Waals surface area contributed by atoms with Crippen molar-refractivity contribution in [2.75, 3.05) is 5.73 Å². The first-order valence-corrected chi connectivity index (χ1v) is 5.44. The first-order valence-electron chi connectivity index (χ1n) is 5.44. The lowest BCUT2D eigenvalue weighted by Crippen LogP contribution is -2.10. The van der Waals surface area contributed by atoms with Gasteiger partial charge in [0.1, 0.15) is 4.92 Å². The maximum Gasteiger partial charge on any atom is 0.433 e. The lowest BCUT2D eigenvalue weighted by atomic mass is 10.2. The van der Waals surface area contributed by atoms with Crippen molar-refractivity contribution in [1.82, 2.24) is 0 Å². The molecule has 1 heterocycles. The number of nitrogens with two attached hydrogens (primary N) is 2. The fourth-order valence-electron chi connectivity index (χ4n) is 1.19. The topological polar surface area (TPSA) is 163 Å². The molecule has 0 unspecified atom stereocenters. The number of nitrogen functional groups attached to an aromatic ring is 1. The van der Waals surface area contributed by atoms with Gasteiger partial charge in [0.15, 0.2) is 0 Å². The van der Waals surface area contributed by atoms with Crippen LogP contribution >= 0.6 is 0 Å². The molecule has 0 atom stereocenters. The number of carboxylic acid groups (broad SMARTS) is 1. The van der Waals surface area contributed by atoms with Gasteiger partial charge in [-0.1, -0.05) is 0 Å². The van der Waals surface area contributed by atoms with E-state index in [1.165, 1.54) is 0 Å². The molecular weight excluding hydrogens is 282 g/mol. The Hall–Kier alpha value is -3.36. The second-order valence-electron chi connectivity index (χ2n) is 3.69. The van der Waals surface area contributed by atoms with Gasteiger partial charge in [-0.3, -0.25) is 14.9 Å². The van der Waals surface area contributed by atoms with E-state index in [0.717, 1.165) is 12.1 Å². The van der Waals surface area contributed by atoms with E-state index in [2.05, 4.69) is 4.42 Å². The van der Waals surface area contributed by atoms with Crippen LogP contribution < -0.4 is 11.5 Å². The van der Waals surface area contributed by atoms with Crippen molar-refractivity contribution in [1.29, 1.82) is 0 Å². The summed E-state index contributed by atoms with van der Waals surface area (Å²) in [6, 6.07) is 8.49. The maximum absolute atomic E-state index is 10.5. The first-order chi connectivity index (χ1) is 9.81. The van der Waals surface area contributed by atoms with Crippen LogP contribution in [0.1, 0.15) is 20.9 Å². The van der Waals surface area contributed by atoms with Gasteiger partial charge in [0, 0.05) is 11.3 Å². The molecule has 0 saturated carbocycles. The highest BCUT2D eigenvalue weighted by Gasteiger charge is 2.15. The second kappa shape index (κ2) is 6.70. The summed E-state index contributed by atoms with van der Waals surface area (Å²) in [4.78, 5) is 29.8. The van der Waals surface area contributed by atoms with Crippen LogP contribution in [0.3, 0.4) is 0 Å². The minimum atomic E-state index is -1.32. The lowest BCUT2D eigenvalue weighted by Gasteiger charge is -1.93. The van der Waals surface area contributed by atoms with Gasteiger partial charge in [-0.15, -0.1) is 0 Å². The van der Waals surface area contributed by atoms with Crippen LogP contribution in [0.4, 0.5) is 11.6 Å². The highest BCUT2D eigenvalue weighted by molar-refractivity contribution is 5.93. The highest BCUT2D eigenvalue weighted by atomic mass is 16.6. The van der Waals surface area contributed by atoms with Gasteiger partial charge >= 0.3 is 11.9 Å². The average Bonchev–Trinajstić information content (AvgIpc) is 2.90. The average molecular weight is 293 g/mol. The molecule has 2 aromatic rings.